The number of hydrogen-bond acceptors (Lipinski definition) is 8. The van der Waals surface area contributed by atoms with Crippen LogP contribution < -0.4 is 9.47 Å². The maximum Gasteiger partial charge on any atom is 0.308 e. The number of rotatable bonds is 4. The lowest BCUT2D eigenvalue weighted by Gasteiger charge is -2.02. The summed E-state index contributed by atoms with van der Waals surface area (Å²) >= 11 is 3.24. The highest BCUT2D eigenvalue weighted by molar-refractivity contribution is 7.22. The summed E-state index contributed by atoms with van der Waals surface area (Å²) in [4.78, 5) is 24.2. The molecule has 6 rings (SSSR count). The van der Waals surface area contributed by atoms with Crippen LogP contribution in [-0.4, -0.2) is 22.2 Å². The van der Waals surface area contributed by atoms with Crippen molar-refractivity contribution in [2.75, 3.05) is 0 Å². The van der Waals surface area contributed by atoms with Crippen molar-refractivity contribution in [3.63, 3.8) is 0 Å². The van der Waals surface area contributed by atoms with E-state index in [9.17, 15) is 19.8 Å². The molecule has 0 saturated carbocycles. The number of carbonyl (C=O) groups is 2. The fourth-order valence-corrected chi connectivity index (χ4v) is 6.22. The Morgan fingerprint density at radius 1 is 0.550 bits per heavy atom. The fourth-order valence-electron chi connectivity index (χ4n) is 4.02. The number of aromatic hydroxyl groups is 2. The van der Waals surface area contributed by atoms with Gasteiger partial charge in [-0.2, -0.15) is 0 Å². The Hall–Kier alpha value is -4.66. The van der Waals surface area contributed by atoms with Gasteiger partial charge in [-0.3, -0.25) is 9.59 Å². The molecule has 6 aromatic rings. The van der Waals surface area contributed by atoms with Crippen molar-refractivity contribution in [3.05, 3.63) is 97.1 Å². The number of phenols is 2. The van der Waals surface area contributed by atoms with Gasteiger partial charge in [-0.15, -0.1) is 22.7 Å². The van der Waals surface area contributed by atoms with Gasteiger partial charge in [-0.05, 0) is 119 Å². The highest BCUT2D eigenvalue weighted by Crippen LogP contribution is 2.37. The Kier molecular flexibility index (Phi) is 7.82. The van der Waals surface area contributed by atoms with Crippen molar-refractivity contribution in [1.82, 2.24) is 0 Å². The zero-order valence-electron chi connectivity index (χ0n) is 21.6. The first kappa shape index (κ1) is 26.9. The van der Waals surface area contributed by atoms with E-state index in [2.05, 4.69) is 12.1 Å². The van der Waals surface area contributed by atoms with Crippen LogP contribution in [0.2, 0.25) is 0 Å². The highest BCUT2D eigenvalue weighted by Gasteiger charge is 2.08. The van der Waals surface area contributed by atoms with Crippen molar-refractivity contribution < 1.29 is 29.3 Å². The molecule has 2 aromatic heterocycles. The van der Waals surface area contributed by atoms with Crippen LogP contribution in [0.25, 0.3) is 41.1 Å². The molecule has 0 unspecified atom stereocenters. The molecule has 40 heavy (non-hydrogen) atoms. The Bertz CT molecular complexity index is 1820. The van der Waals surface area contributed by atoms with Gasteiger partial charge in [-0.25, -0.2) is 0 Å². The van der Waals surface area contributed by atoms with Gasteiger partial charge in [0.2, 0.25) is 0 Å². The topological polar surface area (TPSA) is 93.1 Å². The van der Waals surface area contributed by atoms with E-state index in [-0.39, 0.29) is 23.4 Å². The number of phenolic OH excluding ortho intramolecular Hbond substituents is 2. The van der Waals surface area contributed by atoms with Gasteiger partial charge in [0.15, 0.2) is 0 Å². The molecule has 0 aliphatic rings. The third-order valence-corrected chi connectivity index (χ3v) is 8.10. The molecule has 2 heterocycles. The first-order valence-electron chi connectivity index (χ1n) is 12.3. The monoisotopic (exact) mass is 568 g/mol. The summed E-state index contributed by atoms with van der Waals surface area (Å²) < 4.78 is 12.2. The molecule has 0 amide bonds. The first-order valence-corrected chi connectivity index (χ1v) is 13.9. The van der Waals surface area contributed by atoms with Crippen LogP contribution in [0.5, 0.6) is 23.0 Å². The van der Waals surface area contributed by atoms with Crippen LogP contribution in [0.3, 0.4) is 0 Å². The summed E-state index contributed by atoms with van der Waals surface area (Å²) in [5, 5.41) is 20.9. The van der Waals surface area contributed by atoms with E-state index in [0.717, 1.165) is 41.1 Å². The number of fused-ring (bicyclic) bond motifs is 2. The molecular weight excluding hydrogens is 544 g/mol. The summed E-state index contributed by atoms with van der Waals surface area (Å²) in [7, 11) is 0. The van der Waals surface area contributed by atoms with Gasteiger partial charge in [0, 0.05) is 33.0 Å². The molecule has 8 heteroatoms. The minimum absolute atomic E-state index is 0.271. The summed E-state index contributed by atoms with van der Waals surface area (Å²) in [6.07, 6.45) is 0. The minimum atomic E-state index is -0.336. The molecule has 0 saturated heterocycles. The van der Waals surface area contributed by atoms with Gasteiger partial charge in [0.1, 0.15) is 23.0 Å². The Labute approximate surface area is 238 Å². The van der Waals surface area contributed by atoms with E-state index in [0.29, 0.717) is 11.5 Å². The van der Waals surface area contributed by atoms with Gasteiger partial charge >= 0.3 is 11.9 Å². The van der Waals surface area contributed by atoms with Crippen LogP contribution in [0.15, 0.2) is 97.1 Å². The van der Waals surface area contributed by atoms with Crippen LogP contribution in [0, 0.1) is 0 Å². The molecule has 6 nitrogen and oxygen atoms in total. The summed E-state index contributed by atoms with van der Waals surface area (Å²) in [6.45, 7) is 2.76. The normalized spacial score (nSPS) is 10.7. The second kappa shape index (κ2) is 11.6. The van der Waals surface area contributed by atoms with Crippen molar-refractivity contribution >= 4 is 54.8 Å². The minimum Gasteiger partial charge on any atom is -0.508 e. The van der Waals surface area contributed by atoms with Gasteiger partial charge in [0.05, 0.1) is 0 Å². The SMILES string of the molecule is CC(=O)Oc1ccc(-c2cc3ccc(OC(C)=O)cc3s2)cc1.Oc1ccc(-c2cc3ccc(O)cc3s2)cc1. The van der Waals surface area contributed by atoms with Crippen molar-refractivity contribution in [2.24, 2.45) is 0 Å². The predicted molar refractivity (Wildman–Crippen MR) is 160 cm³/mol. The van der Waals surface area contributed by atoms with Gasteiger partial charge in [0.25, 0.3) is 0 Å². The average molecular weight is 569 g/mol. The zero-order chi connectivity index (χ0) is 28.2. The largest absolute Gasteiger partial charge is 0.508 e. The molecule has 0 bridgehead atoms. The molecule has 0 spiro atoms. The number of benzene rings is 4. The average Bonchev–Trinajstić information content (AvgIpc) is 3.53. The zero-order valence-corrected chi connectivity index (χ0v) is 23.2. The Morgan fingerprint density at radius 2 is 1.00 bits per heavy atom. The number of thiophene rings is 2. The molecule has 0 radical (unpaired) electrons. The van der Waals surface area contributed by atoms with Crippen LogP contribution in [0.1, 0.15) is 13.8 Å². The predicted octanol–water partition coefficient (Wildman–Crippen LogP) is 8.40. The Balaban J connectivity index is 0.000000168. The molecule has 0 fully saturated rings. The maximum atomic E-state index is 11.0. The number of hydrogen-bond donors (Lipinski definition) is 2. The summed E-state index contributed by atoms with van der Waals surface area (Å²) in [6, 6.07) is 29.6. The van der Waals surface area contributed by atoms with Gasteiger partial charge < -0.3 is 19.7 Å². The first-order chi connectivity index (χ1) is 19.2. The third-order valence-electron chi connectivity index (χ3n) is 5.81. The van der Waals surface area contributed by atoms with Crippen LogP contribution in [0.4, 0.5) is 0 Å². The lowest BCUT2D eigenvalue weighted by molar-refractivity contribution is -0.132. The molecule has 0 aliphatic heterocycles. The molecule has 2 N–H and O–H groups in total. The van der Waals surface area contributed by atoms with Crippen molar-refractivity contribution in [1.29, 1.82) is 0 Å². The lowest BCUT2D eigenvalue weighted by atomic mass is 10.1. The van der Waals surface area contributed by atoms with E-state index in [1.807, 2.05) is 42.5 Å². The summed E-state index contributed by atoms with van der Waals surface area (Å²) in [5.41, 5.74) is 2.11. The fraction of sp³-hybridized carbons (Fsp3) is 0.0625. The second-order valence-electron chi connectivity index (χ2n) is 8.90. The number of carbonyl (C=O) groups excluding carboxylic acids is 2. The number of ether oxygens (including phenoxy) is 2. The molecule has 0 atom stereocenters. The van der Waals surface area contributed by atoms with E-state index < -0.39 is 0 Å². The van der Waals surface area contributed by atoms with E-state index >= 15 is 0 Å². The Morgan fingerprint density at radius 3 is 1.57 bits per heavy atom. The summed E-state index contributed by atoms with van der Waals surface area (Å²) in [5.74, 6) is 0.965. The number of esters is 2. The van der Waals surface area contributed by atoms with Gasteiger partial charge in [-0.1, -0.05) is 0 Å². The molecule has 0 aliphatic carbocycles. The lowest BCUT2D eigenvalue weighted by Crippen LogP contribution is -2.00. The van der Waals surface area contributed by atoms with Crippen molar-refractivity contribution in [2.45, 2.75) is 13.8 Å². The highest BCUT2D eigenvalue weighted by atomic mass is 32.1. The van der Waals surface area contributed by atoms with E-state index in [1.54, 1.807) is 65.1 Å². The van der Waals surface area contributed by atoms with Crippen LogP contribution in [-0.2, 0) is 9.59 Å². The van der Waals surface area contributed by atoms with E-state index in [4.69, 9.17) is 9.47 Å². The standard InChI is InChI=1S/C18H14O4S.C14H10O2S/c1-11(19)21-15-6-3-13(4-7-15)17-9-14-5-8-16(22-12(2)20)10-18(14)23-17;15-11-4-1-9(2-5-11)13-7-10-3-6-12(16)8-14(10)17-13/h3-10H,1-2H3;1-8,15-16H. The maximum absolute atomic E-state index is 11.0. The van der Waals surface area contributed by atoms with E-state index in [1.165, 1.54) is 13.8 Å². The van der Waals surface area contributed by atoms with Crippen LogP contribution >= 0.6 is 22.7 Å². The molecule has 4 aromatic carbocycles. The molecular formula is C32H24O6S2. The third kappa shape index (κ3) is 6.48. The smallest absolute Gasteiger partial charge is 0.308 e. The second-order valence-corrected chi connectivity index (χ2v) is 11.1. The quantitative estimate of drug-likeness (QED) is 0.164. The van der Waals surface area contributed by atoms with Crippen molar-refractivity contribution in [3.8, 4) is 43.9 Å². The molecule has 200 valence electrons.